The molecule has 0 aromatic heterocycles. The summed E-state index contributed by atoms with van der Waals surface area (Å²) >= 11 is 0. The third kappa shape index (κ3) is 6.68. The fourth-order valence-corrected chi connectivity index (χ4v) is 5.98. The summed E-state index contributed by atoms with van der Waals surface area (Å²) in [5, 5.41) is 5.52. The molecule has 0 spiro atoms. The fourth-order valence-electron chi connectivity index (χ4n) is 3.87. The summed E-state index contributed by atoms with van der Waals surface area (Å²) in [5.74, 6) is -0.254. The van der Waals surface area contributed by atoms with Gasteiger partial charge in [0.25, 0.3) is 5.91 Å². The Bertz CT molecular complexity index is 1380. The third-order valence-electron chi connectivity index (χ3n) is 5.68. The van der Waals surface area contributed by atoms with Crippen LogP contribution in [0.1, 0.15) is 44.0 Å². The van der Waals surface area contributed by atoms with Crippen molar-refractivity contribution in [3.8, 4) is 11.1 Å². The van der Waals surface area contributed by atoms with Gasteiger partial charge in [-0.25, -0.2) is 13.6 Å². The minimum atomic E-state index is -2.82. The molecule has 0 bridgehead atoms. The van der Waals surface area contributed by atoms with E-state index in [-0.39, 0.29) is 5.82 Å². The van der Waals surface area contributed by atoms with Crippen molar-refractivity contribution in [1.82, 2.24) is 0 Å². The predicted molar refractivity (Wildman–Crippen MR) is 146 cm³/mol. The minimum absolute atomic E-state index is 0.339. The van der Waals surface area contributed by atoms with Crippen LogP contribution in [0.5, 0.6) is 0 Å². The van der Waals surface area contributed by atoms with Gasteiger partial charge in [0.05, 0.1) is 11.4 Å². The first-order chi connectivity index (χ1) is 17.5. The lowest BCUT2D eigenvalue weighted by molar-refractivity contribution is 0.0635. The van der Waals surface area contributed by atoms with Crippen LogP contribution >= 0.6 is 0 Å². The highest BCUT2D eigenvalue weighted by Gasteiger charge is 2.20. The number of carbonyl (C=O) groups is 2. The van der Waals surface area contributed by atoms with Gasteiger partial charge in [0.2, 0.25) is 0 Å². The maximum absolute atomic E-state index is 13.4. The van der Waals surface area contributed by atoms with Gasteiger partial charge in [-0.05, 0) is 93.3 Å². The van der Waals surface area contributed by atoms with Gasteiger partial charge in [-0.2, -0.15) is 0 Å². The molecule has 2 amide bonds. The number of hydrogen-bond donors (Lipinski definition) is 3. The SMILES string of the molecule is CC(C)(C)OC(=O)Nc1ccc(-c2ccc(F)cc2)cc1NC(=O)c1ccc([SH]2(=O)CCCC=N2)cc1. The van der Waals surface area contributed by atoms with E-state index in [0.29, 0.717) is 33.2 Å². The molecular weight excluding hydrogens is 493 g/mol. The molecule has 7 nitrogen and oxygen atoms in total. The molecule has 0 saturated carbocycles. The molecule has 3 aromatic carbocycles. The molecule has 2 N–H and O–H groups in total. The molecule has 9 heteroatoms. The summed E-state index contributed by atoms with van der Waals surface area (Å²) in [5.41, 5.74) is 1.79. The Labute approximate surface area is 216 Å². The predicted octanol–water partition coefficient (Wildman–Crippen LogP) is 6.25. The Kier molecular flexibility index (Phi) is 7.54. The van der Waals surface area contributed by atoms with Crippen LogP contribution in [0.15, 0.2) is 76.0 Å². The van der Waals surface area contributed by atoms with Gasteiger partial charge >= 0.3 is 6.09 Å². The Balaban J connectivity index is 1.61. The van der Waals surface area contributed by atoms with Crippen LogP contribution in [0.25, 0.3) is 11.1 Å². The second-order valence-electron chi connectivity index (χ2n) is 9.76. The average molecular weight is 524 g/mol. The number of benzene rings is 3. The lowest BCUT2D eigenvalue weighted by atomic mass is 10.0. The summed E-state index contributed by atoms with van der Waals surface area (Å²) in [6.45, 7) is 5.26. The van der Waals surface area contributed by atoms with Gasteiger partial charge in [0, 0.05) is 32.5 Å². The molecule has 0 aliphatic carbocycles. The first-order valence-electron chi connectivity index (χ1n) is 12.0. The Hall–Kier alpha value is -3.85. The van der Waals surface area contributed by atoms with E-state index in [1.807, 2.05) is 0 Å². The second kappa shape index (κ2) is 10.6. The number of ether oxygens (including phenoxy) is 1. The summed E-state index contributed by atoms with van der Waals surface area (Å²) < 4.78 is 36.1. The number of nitrogens with zero attached hydrogens (tertiary/aromatic N) is 1. The number of carbonyl (C=O) groups excluding carboxylic acids is 2. The highest BCUT2D eigenvalue weighted by molar-refractivity contribution is 8.02. The monoisotopic (exact) mass is 523 g/mol. The standard InChI is InChI=1S/C28H30FN3O4S/c1-28(2,3)36-27(34)32-24-15-10-21(19-6-11-22(29)12-7-19)18-25(24)31-26(33)20-8-13-23(14-9-20)37(35)17-5-4-16-30-37/h6-16,18,37H,4-5,17H2,1-3H3,(H,31,33)(H,32,34). The van der Waals surface area contributed by atoms with E-state index in [1.165, 1.54) is 12.1 Å². The van der Waals surface area contributed by atoms with E-state index in [2.05, 4.69) is 15.0 Å². The van der Waals surface area contributed by atoms with Crippen molar-refractivity contribution in [3.63, 3.8) is 0 Å². The van der Waals surface area contributed by atoms with Crippen molar-refractivity contribution >= 4 is 39.7 Å². The van der Waals surface area contributed by atoms with E-state index in [4.69, 9.17) is 4.74 Å². The fraction of sp³-hybridized carbons (Fsp3) is 0.250. The minimum Gasteiger partial charge on any atom is -0.444 e. The molecule has 0 saturated heterocycles. The van der Waals surface area contributed by atoms with E-state index in [0.717, 1.165) is 18.4 Å². The molecule has 37 heavy (non-hydrogen) atoms. The number of thiol groups is 1. The third-order valence-corrected chi connectivity index (χ3v) is 8.24. The summed E-state index contributed by atoms with van der Waals surface area (Å²) in [6.07, 6.45) is 2.68. The van der Waals surface area contributed by atoms with E-state index < -0.39 is 27.7 Å². The lowest BCUT2D eigenvalue weighted by Crippen LogP contribution is -2.27. The van der Waals surface area contributed by atoms with Crippen LogP contribution in [0.3, 0.4) is 0 Å². The van der Waals surface area contributed by atoms with Gasteiger partial charge in [-0.3, -0.25) is 14.3 Å². The zero-order chi connectivity index (χ0) is 26.6. The first-order valence-corrected chi connectivity index (χ1v) is 13.8. The number of nitrogens with one attached hydrogen (secondary N) is 2. The van der Waals surface area contributed by atoms with Crippen LogP contribution in [-0.2, 0) is 14.9 Å². The van der Waals surface area contributed by atoms with Crippen molar-refractivity contribution in [2.75, 3.05) is 16.4 Å². The highest BCUT2D eigenvalue weighted by atomic mass is 32.3. The lowest BCUT2D eigenvalue weighted by Gasteiger charge is -2.22. The van der Waals surface area contributed by atoms with Crippen LogP contribution < -0.4 is 10.6 Å². The topological polar surface area (TPSA) is 96.9 Å². The molecule has 4 rings (SSSR count). The van der Waals surface area contributed by atoms with E-state index in [9.17, 15) is 18.2 Å². The summed E-state index contributed by atoms with van der Waals surface area (Å²) in [4.78, 5) is 26.2. The van der Waals surface area contributed by atoms with Gasteiger partial charge in [-0.1, -0.05) is 18.2 Å². The molecule has 0 radical (unpaired) electrons. The normalized spacial score (nSPS) is 15.5. The smallest absolute Gasteiger partial charge is 0.412 e. The molecule has 194 valence electrons. The van der Waals surface area contributed by atoms with Crippen molar-refractivity contribution in [2.24, 2.45) is 4.40 Å². The number of hydrogen-bond acceptors (Lipinski definition) is 4. The summed E-state index contributed by atoms with van der Waals surface area (Å²) in [6, 6.07) is 17.6. The average Bonchev–Trinajstić information content (AvgIpc) is 2.85. The molecule has 1 aliphatic heterocycles. The van der Waals surface area contributed by atoms with Crippen LogP contribution in [-0.4, -0.2) is 33.8 Å². The molecule has 1 heterocycles. The van der Waals surface area contributed by atoms with Crippen molar-refractivity contribution < 1.29 is 22.9 Å². The van der Waals surface area contributed by atoms with Crippen LogP contribution in [0, 0.1) is 5.82 Å². The Morgan fingerprint density at radius 2 is 1.59 bits per heavy atom. The molecule has 0 atom stereocenters. The number of rotatable bonds is 5. The molecular formula is C28H30FN3O4S. The van der Waals surface area contributed by atoms with Crippen molar-refractivity contribution in [2.45, 2.75) is 44.1 Å². The molecule has 1 aliphatic rings. The quantitative estimate of drug-likeness (QED) is 0.345. The van der Waals surface area contributed by atoms with Crippen molar-refractivity contribution in [1.29, 1.82) is 0 Å². The zero-order valence-electron chi connectivity index (χ0n) is 21.0. The molecule has 0 fully saturated rings. The largest absolute Gasteiger partial charge is 0.444 e. The number of anilines is 2. The zero-order valence-corrected chi connectivity index (χ0v) is 21.8. The maximum atomic E-state index is 13.4. The van der Waals surface area contributed by atoms with Crippen LogP contribution in [0.2, 0.25) is 0 Å². The Morgan fingerprint density at radius 3 is 2.22 bits per heavy atom. The van der Waals surface area contributed by atoms with Gasteiger partial charge < -0.3 is 10.1 Å². The molecule has 3 aromatic rings. The number of amides is 2. The van der Waals surface area contributed by atoms with E-state index in [1.54, 1.807) is 81.6 Å². The second-order valence-corrected chi connectivity index (χ2v) is 12.4. The van der Waals surface area contributed by atoms with Crippen molar-refractivity contribution in [3.05, 3.63) is 78.1 Å². The first kappa shape index (κ1) is 26.2. The highest BCUT2D eigenvalue weighted by Crippen LogP contribution is 2.31. The van der Waals surface area contributed by atoms with Crippen LogP contribution in [0.4, 0.5) is 20.6 Å². The van der Waals surface area contributed by atoms with E-state index >= 15 is 0 Å². The summed E-state index contributed by atoms with van der Waals surface area (Å²) in [7, 11) is -2.82. The Morgan fingerprint density at radius 1 is 0.919 bits per heavy atom. The van der Waals surface area contributed by atoms with Gasteiger partial charge in [0.15, 0.2) is 0 Å². The number of halogens is 1. The van der Waals surface area contributed by atoms with Gasteiger partial charge in [0.1, 0.15) is 11.4 Å². The molecule has 0 unspecified atom stereocenters. The maximum Gasteiger partial charge on any atom is 0.412 e. The van der Waals surface area contributed by atoms with Gasteiger partial charge in [-0.15, -0.1) is 0 Å².